The van der Waals surface area contributed by atoms with Gasteiger partial charge in [0.2, 0.25) is 5.91 Å². The second-order valence-corrected chi connectivity index (χ2v) is 7.25. The number of hydrogen-bond acceptors (Lipinski definition) is 4. The Morgan fingerprint density at radius 2 is 1.96 bits per heavy atom. The first kappa shape index (κ1) is 20.3. The van der Waals surface area contributed by atoms with Crippen molar-refractivity contribution in [1.29, 1.82) is 0 Å². The standard InChI is InChI=1S/C18H25FN2O2.CH2O2/c1-11-5-13(3-4-16(11)19)8-21-9-14-6-17(20-12(2)22)18(23)7-15(14)10-21;2-1-3/h3-5,14-15,17-18,23H,6-10H2,1-2H3,(H,20,22);1H,(H,2,3)/t14-,15+,17-,18-;/m1./s1. The van der Waals surface area contributed by atoms with Crippen molar-refractivity contribution in [3.8, 4) is 0 Å². The van der Waals surface area contributed by atoms with Crippen LogP contribution in [0.5, 0.6) is 0 Å². The molecular weight excluding hydrogens is 339 g/mol. The van der Waals surface area contributed by atoms with Crippen LogP contribution in [0.2, 0.25) is 0 Å². The molecule has 7 heteroatoms. The van der Waals surface area contributed by atoms with E-state index in [2.05, 4.69) is 10.2 Å². The van der Waals surface area contributed by atoms with Gasteiger partial charge >= 0.3 is 0 Å². The molecule has 3 rings (SSSR count). The van der Waals surface area contributed by atoms with Gasteiger partial charge in [-0.3, -0.25) is 14.5 Å². The van der Waals surface area contributed by atoms with E-state index in [-0.39, 0.29) is 24.2 Å². The maximum Gasteiger partial charge on any atom is 0.290 e. The minimum Gasteiger partial charge on any atom is -0.483 e. The molecule has 4 atom stereocenters. The Balaban J connectivity index is 0.000000758. The minimum atomic E-state index is -0.451. The van der Waals surface area contributed by atoms with Crippen LogP contribution >= 0.6 is 0 Å². The van der Waals surface area contributed by atoms with Crippen LogP contribution < -0.4 is 5.32 Å². The predicted octanol–water partition coefficient (Wildman–Crippen LogP) is 1.54. The van der Waals surface area contributed by atoms with Gasteiger partial charge in [0, 0.05) is 26.6 Å². The van der Waals surface area contributed by atoms with Crippen molar-refractivity contribution in [2.75, 3.05) is 13.1 Å². The van der Waals surface area contributed by atoms with Crippen molar-refractivity contribution in [2.45, 2.75) is 45.4 Å². The Labute approximate surface area is 153 Å². The molecule has 0 spiro atoms. The molecule has 2 fully saturated rings. The molecule has 1 aliphatic heterocycles. The zero-order valence-corrected chi connectivity index (χ0v) is 15.2. The summed E-state index contributed by atoms with van der Waals surface area (Å²) < 4.78 is 13.4. The molecule has 6 nitrogen and oxygen atoms in total. The summed E-state index contributed by atoms with van der Waals surface area (Å²) in [6, 6.07) is 5.16. The monoisotopic (exact) mass is 366 g/mol. The number of carbonyl (C=O) groups excluding carboxylic acids is 1. The molecule has 2 aliphatic rings. The van der Waals surface area contributed by atoms with Gasteiger partial charge in [0.15, 0.2) is 0 Å². The molecular formula is C19H27FN2O4. The molecule has 0 aromatic heterocycles. The number of hydrogen-bond donors (Lipinski definition) is 3. The molecule has 26 heavy (non-hydrogen) atoms. The van der Waals surface area contributed by atoms with E-state index in [1.165, 1.54) is 13.0 Å². The van der Waals surface area contributed by atoms with Crippen LogP contribution in [-0.4, -0.2) is 52.7 Å². The third kappa shape index (κ3) is 5.25. The maximum atomic E-state index is 13.4. The number of halogens is 1. The maximum absolute atomic E-state index is 13.4. The highest BCUT2D eigenvalue weighted by atomic mass is 19.1. The minimum absolute atomic E-state index is 0.0795. The number of likely N-dealkylation sites (tertiary alicyclic amines) is 1. The number of fused-ring (bicyclic) bond motifs is 1. The number of amides is 1. The van der Waals surface area contributed by atoms with Gasteiger partial charge in [-0.25, -0.2) is 4.39 Å². The van der Waals surface area contributed by atoms with E-state index in [0.29, 0.717) is 17.4 Å². The van der Waals surface area contributed by atoms with Crippen LogP contribution in [0.1, 0.15) is 30.9 Å². The van der Waals surface area contributed by atoms with E-state index in [0.717, 1.165) is 38.0 Å². The number of nitrogens with zero attached hydrogens (tertiary/aromatic N) is 1. The quantitative estimate of drug-likeness (QED) is 0.706. The van der Waals surface area contributed by atoms with Gasteiger partial charge in [0.1, 0.15) is 5.82 Å². The number of rotatable bonds is 3. The number of aliphatic hydroxyl groups excluding tert-OH is 1. The molecule has 1 heterocycles. The van der Waals surface area contributed by atoms with Gasteiger partial charge in [0.25, 0.3) is 6.47 Å². The zero-order chi connectivity index (χ0) is 19.3. The van der Waals surface area contributed by atoms with Crippen LogP contribution in [0.3, 0.4) is 0 Å². The second kappa shape index (κ2) is 9.09. The molecule has 1 saturated carbocycles. The first-order valence-electron chi connectivity index (χ1n) is 8.84. The lowest BCUT2D eigenvalue weighted by atomic mass is 9.77. The van der Waals surface area contributed by atoms with Crippen LogP contribution in [0.15, 0.2) is 18.2 Å². The van der Waals surface area contributed by atoms with Crippen LogP contribution in [0, 0.1) is 24.6 Å². The highest BCUT2D eigenvalue weighted by molar-refractivity contribution is 5.73. The summed E-state index contributed by atoms with van der Waals surface area (Å²) in [6.45, 7) is 5.79. The Morgan fingerprint density at radius 1 is 1.35 bits per heavy atom. The molecule has 0 bridgehead atoms. The Hall–Kier alpha value is -1.99. The van der Waals surface area contributed by atoms with Gasteiger partial charge in [-0.2, -0.15) is 0 Å². The first-order valence-corrected chi connectivity index (χ1v) is 8.84. The fraction of sp³-hybridized carbons (Fsp3) is 0.579. The van der Waals surface area contributed by atoms with Crippen molar-refractivity contribution in [1.82, 2.24) is 10.2 Å². The fourth-order valence-electron chi connectivity index (χ4n) is 4.14. The number of aryl methyl sites for hydroxylation is 1. The highest BCUT2D eigenvalue weighted by Gasteiger charge is 2.41. The Morgan fingerprint density at radius 3 is 2.54 bits per heavy atom. The normalized spacial score (nSPS) is 27.8. The van der Waals surface area contributed by atoms with Gasteiger partial charge in [-0.1, -0.05) is 12.1 Å². The summed E-state index contributed by atoms with van der Waals surface area (Å²) in [5.74, 6) is 0.752. The third-order valence-electron chi connectivity index (χ3n) is 5.23. The van der Waals surface area contributed by atoms with Crippen molar-refractivity contribution in [3.05, 3.63) is 35.1 Å². The molecule has 0 unspecified atom stereocenters. The van der Waals surface area contributed by atoms with E-state index < -0.39 is 6.10 Å². The highest BCUT2D eigenvalue weighted by Crippen LogP contribution is 2.37. The summed E-state index contributed by atoms with van der Waals surface area (Å²) in [4.78, 5) is 22.0. The first-order chi connectivity index (χ1) is 12.3. The van der Waals surface area contributed by atoms with Crippen molar-refractivity contribution >= 4 is 12.4 Å². The Kier molecular flexibility index (Phi) is 7.11. The van der Waals surface area contributed by atoms with Crippen LogP contribution in [0.25, 0.3) is 0 Å². The smallest absolute Gasteiger partial charge is 0.290 e. The summed E-state index contributed by atoms with van der Waals surface area (Å²) in [7, 11) is 0. The van der Waals surface area contributed by atoms with E-state index in [1.807, 2.05) is 12.1 Å². The summed E-state index contributed by atoms with van der Waals surface area (Å²) in [6.07, 6.45) is 1.13. The number of carboxylic acid groups (broad SMARTS) is 1. The van der Waals surface area contributed by atoms with Gasteiger partial charge in [-0.05, 0) is 48.8 Å². The average Bonchev–Trinajstić information content (AvgIpc) is 2.92. The molecule has 1 aromatic carbocycles. The van der Waals surface area contributed by atoms with Gasteiger partial charge in [0.05, 0.1) is 12.1 Å². The molecule has 144 valence electrons. The topological polar surface area (TPSA) is 89.9 Å². The molecule has 1 aromatic rings. The lowest BCUT2D eigenvalue weighted by molar-refractivity contribution is -0.123. The molecule has 1 aliphatic carbocycles. The largest absolute Gasteiger partial charge is 0.483 e. The fourth-order valence-corrected chi connectivity index (χ4v) is 4.14. The lowest BCUT2D eigenvalue weighted by Crippen LogP contribution is -2.48. The molecule has 0 radical (unpaired) electrons. The molecule has 3 N–H and O–H groups in total. The summed E-state index contributed by atoms with van der Waals surface area (Å²) >= 11 is 0. The van der Waals surface area contributed by atoms with Crippen molar-refractivity contribution < 1.29 is 24.2 Å². The molecule has 1 amide bonds. The predicted molar refractivity (Wildman–Crippen MR) is 94.9 cm³/mol. The van der Waals surface area contributed by atoms with E-state index in [9.17, 15) is 14.3 Å². The van der Waals surface area contributed by atoms with Crippen LogP contribution in [0.4, 0.5) is 4.39 Å². The number of aliphatic hydroxyl groups is 1. The second-order valence-electron chi connectivity index (χ2n) is 7.25. The van der Waals surface area contributed by atoms with Crippen molar-refractivity contribution in [2.24, 2.45) is 11.8 Å². The number of benzene rings is 1. The summed E-state index contributed by atoms with van der Waals surface area (Å²) in [5.41, 5.74) is 1.81. The number of nitrogens with one attached hydrogen (secondary N) is 1. The zero-order valence-electron chi connectivity index (χ0n) is 15.2. The average molecular weight is 366 g/mol. The van der Waals surface area contributed by atoms with E-state index in [1.54, 1.807) is 6.92 Å². The van der Waals surface area contributed by atoms with Gasteiger partial charge in [-0.15, -0.1) is 0 Å². The summed E-state index contributed by atoms with van der Waals surface area (Å²) in [5, 5.41) is 20.0. The number of carbonyl (C=O) groups is 2. The third-order valence-corrected chi connectivity index (χ3v) is 5.23. The Bertz CT molecular complexity index is 640. The van der Waals surface area contributed by atoms with E-state index >= 15 is 0 Å². The van der Waals surface area contributed by atoms with Crippen molar-refractivity contribution in [3.63, 3.8) is 0 Å². The van der Waals surface area contributed by atoms with Gasteiger partial charge < -0.3 is 15.5 Å². The van der Waals surface area contributed by atoms with E-state index in [4.69, 9.17) is 9.90 Å². The molecule has 1 saturated heterocycles. The lowest BCUT2D eigenvalue weighted by Gasteiger charge is -2.35. The van der Waals surface area contributed by atoms with Crippen LogP contribution in [-0.2, 0) is 16.1 Å². The SMILES string of the molecule is CC(=O)N[C@@H]1C[C@@H]2CN(Cc3ccc(F)c(C)c3)C[C@@H]2C[C@H]1O.O=CO.